The molecule has 0 aliphatic heterocycles. The van der Waals surface area contributed by atoms with Gasteiger partial charge in [-0.1, -0.05) is 45.7 Å². The second kappa shape index (κ2) is 8.03. The highest BCUT2D eigenvalue weighted by Gasteiger charge is 2.12. The van der Waals surface area contributed by atoms with Crippen LogP contribution in [0.25, 0.3) is 11.3 Å². The third-order valence-electron chi connectivity index (χ3n) is 3.40. The molecule has 0 saturated carbocycles. The Hall–Kier alpha value is -2.16. The number of aromatic hydroxyl groups is 1. The van der Waals surface area contributed by atoms with Gasteiger partial charge in [-0.05, 0) is 40.2 Å². The molecule has 0 unspecified atom stereocenters. The fourth-order valence-electron chi connectivity index (χ4n) is 2.15. The molecule has 0 radical (unpaired) electrons. The molecule has 1 aromatic heterocycles. The van der Waals surface area contributed by atoms with Crippen LogP contribution in [0, 0.1) is 0 Å². The van der Waals surface area contributed by atoms with Gasteiger partial charge in [-0.15, -0.1) is 0 Å². The number of nitrogens with zero attached hydrogens (tertiary/aromatic N) is 2. The lowest BCUT2D eigenvalue weighted by molar-refractivity contribution is 0.0950. The average Bonchev–Trinajstić information content (AvgIpc) is 3.09. The Morgan fingerprint density at radius 1 is 1.27 bits per heavy atom. The standard InChI is InChI=1S/C17H11Br2ClN4O2/c18-10-5-9(16(25)12(19)6-10)8-21-24-17(26)15-7-14(22-23-15)11-3-1-2-4-13(11)20/h1-8,25H,(H,22,23)(H,24,26). The zero-order valence-corrected chi connectivity index (χ0v) is 16.9. The van der Waals surface area contributed by atoms with E-state index in [1.165, 1.54) is 6.21 Å². The highest BCUT2D eigenvalue weighted by molar-refractivity contribution is 9.11. The summed E-state index contributed by atoms with van der Waals surface area (Å²) in [6.45, 7) is 0. The number of hydrogen-bond donors (Lipinski definition) is 3. The van der Waals surface area contributed by atoms with Crippen molar-refractivity contribution < 1.29 is 9.90 Å². The van der Waals surface area contributed by atoms with Crippen LogP contribution in [0.15, 0.2) is 56.5 Å². The number of phenols is 1. The van der Waals surface area contributed by atoms with Gasteiger partial charge in [0.2, 0.25) is 0 Å². The molecule has 1 amide bonds. The molecule has 0 bridgehead atoms. The normalized spacial score (nSPS) is 11.0. The molecule has 3 N–H and O–H groups in total. The molecule has 0 atom stereocenters. The predicted molar refractivity (Wildman–Crippen MR) is 108 cm³/mol. The topological polar surface area (TPSA) is 90.4 Å². The van der Waals surface area contributed by atoms with Crippen LogP contribution >= 0.6 is 43.5 Å². The molecule has 0 saturated heterocycles. The fraction of sp³-hybridized carbons (Fsp3) is 0. The summed E-state index contributed by atoms with van der Waals surface area (Å²) in [5, 5.41) is 21.1. The summed E-state index contributed by atoms with van der Waals surface area (Å²) in [6, 6.07) is 12.2. The van der Waals surface area contributed by atoms with Gasteiger partial charge in [-0.2, -0.15) is 10.2 Å². The number of hydrogen-bond acceptors (Lipinski definition) is 4. The lowest BCUT2D eigenvalue weighted by Crippen LogP contribution is -2.18. The van der Waals surface area contributed by atoms with Crippen molar-refractivity contribution in [1.82, 2.24) is 15.6 Å². The number of carbonyl (C=O) groups is 1. The molecule has 3 rings (SSSR count). The first-order chi connectivity index (χ1) is 12.5. The summed E-state index contributed by atoms with van der Waals surface area (Å²) < 4.78 is 1.27. The fourth-order valence-corrected chi connectivity index (χ4v) is 3.64. The maximum atomic E-state index is 12.2. The van der Waals surface area contributed by atoms with E-state index in [1.807, 2.05) is 18.2 Å². The molecular formula is C17H11Br2ClN4O2. The molecule has 0 aliphatic rings. The summed E-state index contributed by atoms with van der Waals surface area (Å²) in [6.07, 6.45) is 1.34. The number of halogens is 3. The van der Waals surface area contributed by atoms with Crippen molar-refractivity contribution in [3.05, 3.63) is 67.7 Å². The molecular weight excluding hydrogens is 487 g/mol. The number of aromatic amines is 1. The first-order valence-corrected chi connectivity index (χ1v) is 9.24. The second-order valence-electron chi connectivity index (χ2n) is 5.17. The molecule has 6 nitrogen and oxygen atoms in total. The van der Waals surface area contributed by atoms with Crippen LogP contribution < -0.4 is 5.43 Å². The lowest BCUT2D eigenvalue weighted by Gasteiger charge is -2.02. The molecule has 0 spiro atoms. The molecule has 132 valence electrons. The van der Waals surface area contributed by atoms with E-state index in [4.69, 9.17) is 11.6 Å². The average molecular weight is 499 g/mol. The number of nitrogens with one attached hydrogen (secondary N) is 2. The van der Waals surface area contributed by atoms with Crippen LogP contribution in [-0.2, 0) is 0 Å². The van der Waals surface area contributed by atoms with Crippen molar-refractivity contribution in [3.8, 4) is 17.0 Å². The van der Waals surface area contributed by atoms with E-state index in [9.17, 15) is 9.90 Å². The van der Waals surface area contributed by atoms with Gasteiger partial charge in [0.25, 0.3) is 5.91 Å². The Morgan fingerprint density at radius 2 is 2.04 bits per heavy atom. The molecule has 0 aliphatic carbocycles. The summed E-state index contributed by atoms with van der Waals surface area (Å²) in [4.78, 5) is 12.2. The molecule has 1 heterocycles. The van der Waals surface area contributed by atoms with Gasteiger partial charge < -0.3 is 5.11 Å². The van der Waals surface area contributed by atoms with Crippen molar-refractivity contribution in [2.45, 2.75) is 0 Å². The van der Waals surface area contributed by atoms with Gasteiger partial charge in [-0.25, -0.2) is 5.43 Å². The monoisotopic (exact) mass is 496 g/mol. The van der Waals surface area contributed by atoms with E-state index >= 15 is 0 Å². The number of aromatic nitrogens is 2. The highest BCUT2D eigenvalue weighted by Crippen LogP contribution is 2.30. The van der Waals surface area contributed by atoms with E-state index in [1.54, 1.807) is 24.3 Å². The number of carbonyl (C=O) groups excluding carboxylic acids is 1. The minimum atomic E-state index is -0.472. The highest BCUT2D eigenvalue weighted by atomic mass is 79.9. The van der Waals surface area contributed by atoms with Crippen molar-refractivity contribution in [1.29, 1.82) is 0 Å². The first-order valence-electron chi connectivity index (χ1n) is 7.27. The Bertz CT molecular complexity index is 1000. The number of H-pyrrole nitrogens is 1. The van der Waals surface area contributed by atoms with Gasteiger partial charge in [-0.3, -0.25) is 9.89 Å². The quantitative estimate of drug-likeness (QED) is 0.359. The van der Waals surface area contributed by atoms with Crippen LogP contribution in [0.4, 0.5) is 0 Å². The third-order valence-corrected chi connectivity index (χ3v) is 4.79. The Labute approximate surface area is 170 Å². The number of benzene rings is 2. The van der Waals surface area contributed by atoms with Crippen molar-refractivity contribution in [2.75, 3.05) is 0 Å². The maximum absolute atomic E-state index is 12.2. The van der Waals surface area contributed by atoms with E-state index in [2.05, 4.69) is 52.6 Å². The van der Waals surface area contributed by atoms with Crippen LogP contribution in [0.1, 0.15) is 16.1 Å². The van der Waals surface area contributed by atoms with Crippen molar-refractivity contribution in [3.63, 3.8) is 0 Å². The van der Waals surface area contributed by atoms with Crippen LogP contribution in [-0.4, -0.2) is 27.4 Å². The Balaban J connectivity index is 1.73. The lowest BCUT2D eigenvalue weighted by atomic mass is 10.1. The number of hydrazone groups is 1. The molecule has 9 heteroatoms. The number of amides is 1. The van der Waals surface area contributed by atoms with E-state index in [0.717, 1.165) is 10.0 Å². The van der Waals surface area contributed by atoms with Gasteiger partial charge in [0.15, 0.2) is 0 Å². The largest absolute Gasteiger partial charge is 0.506 e. The van der Waals surface area contributed by atoms with Gasteiger partial charge in [0.1, 0.15) is 11.4 Å². The molecule has 2 aromatic carbocycles. The third kappa shape index (κ3) is 4.14. The van der Waals surface area contributed by atoms with Crippen LogP contribution in [0.2, 0.25) is 5.02 Å². The summed E-state index contributed by atoms with van der Waals surface area (Å²) >= 11 is 12.7. The zero-order valence-electron chi connectivity index (χ0n) is 13.0. The van der Waals surface area contributed by atoms with Crippen molar-refractivity contribution in [2.24, 2.45) is 5.10 Å². The number of phenolic OH excluding ortho intramolecular Hbond substituents is 1. The minimum Gasteiger partial charge on any atom is -0.506 e. The summed E-state index contributed by atoms with van der Waals surface area (Å²) in [7, 11) is 0. The zero-order chi connectivity index (χ0) is 18.7. The van der Waals surface area contributed by atoms with Gasteiger partial charge in [0, 0.05) is 15.6 Å². The smallest absolute Gasteiger partial charge is 0.289 e. The minimum absolute atomic E-state index is 0.0220. The van der Waals surface area contributed by atoms with Crippen LogP contribution in [0.5, 0.6) is 5.75 Å². The second-order valence-corrected chi connectivity index (χ2v) is 7.35. The maximum Gasteiger partial charge on any atom is 0.289 e. The van der Waals surface area contributed by atoms with Crippen molar-refractivity contribution >= 4 is 55.6 Å². The van der Waals surface area contributed by atoms with Crippen LogP contribution in [0.3, 0.4) is 0 Å². The Kier molecular flexibility index (Phi) is 5.75. The molecule has 3 aromatic rings. The van der Waals surface area contributed by atoms with E-state index < -0.39 is 5.91 Å². The summed E-state index contributed by atoms with van der Waals surface area (Å²) in [5.74, 6) is -0.450. The molecule has 0 fully saturated rings. The molecule has 26 heavy (non-hydrogen) atoms. The number of rotatable bonds is 4. The van der Waals surface area contributed by atoms with Gasteiger partial charge in [0.05, 0.1) is 21.4 Å². The van der Waals surface area contributed by atoms with E-state index in [-0.39, 0.29) is 11.4 Å². The summed E-state index contributed by atoms with van der Waals surface area (Å²) in [5.41, 5.74) is 4.32. The Morgan fingerprint density at radius 3 is 2.81 bits per heavy atom. The van der Waals surface area contributed by atoms with Gasteiger partial charge >= 0.3 is 0 Å². The van der Waals surface area contributed by atoms with E-state index in [0.29, 0.717) is 20.8 Å². The first kappa shape index (κ1) is 18.6. The SMILES string of the molecule is O=C(NN=Cc1cc(Br)cc(Br)c1O)c1cc(-c2ccccc2Cl)n[nH]1. The predicted octanol–water partition coefficient (Wildman–Crippen LogP) is 4.72.